The molecule has 0 spiro atoms. The van der Waals surface area contributed by atoms with Crippen LogP contribution >= 0.6 is 15.9 Å². The van der Waals surface area contributed by atoms with Crippen molar-refractivity contribution in [3.63, 3.8) is 0 Å². The molecule has 0 aliphatic carbocycles. The number of hydrogen-bond acceptors (Lipinski definition) is 3. The Hall–Kier alpha value is -0.610. The first-order valence-corrected chi connectivity index (χ1v) is 6.56. The predicted octanol–water partition coefficient (Wildman–Crippen LogP) is 2.37. The minimum Gasteiger partial charge on any atom is -0.368 e. The molecule has 0 atom stereocenters. The van der Waals surface area contributed by atoms with Crippen molar-refractivity contribution in [1.82, 2.24) is 9.88 Å². The van der Waals surface area contributed by atoms with Crippen molar-refractivity contribution in [3.8, 4) is 0 Å². The summed E-state index contributed by atoms with van der Waals surface area (Å²) in [6, 6.07) is 2.73. The first kappa shape index (κ1) is 11.9. The molecule has 1 aromatic rings. The number of piperazine rings is 1. The average Bonchev–Trinajstić information content (AvgIpc) is 2.30. The van der Waals surface area contributed by atoms with E-state index in [1.807, 2.05) is 12.4 Å². The van der Waals surface area contributed by atoms with Crippen LogP contribution in [-0.2, 0) is 0 Å². The van der Waals surface area contributed by atoms with Crippen LogP contribution in [0.5, 0.6) is 0 Å². The van der Waals surface area contributed by atoms with E-state index in [4.69, 9.17) is 0 Å². The van der Waals surface area contributed by atoms with Crippen molar-refractivity contribution >= 4 is 21.6 Å². The summed E-state index contributed by atoms with van der Waals surface area (Å²) in [6.45, 7) is 9.01. The van der Waals surface area contributed by atoms with Gasteiger partial charge in [0.2, 0.25) is 0 Å². The molecule has 3 nitrogen and oxygen atoms in total. The third-order valence-corrected chi connectivity index (χ3v) is 3.75. The Morgan fingerprint density at radius 3 is 2.50 bits per heavy atom. The molecule has 1 saturated heterocycles. The van der Waals surface area contributed by atoms with E-state index in [2.05, 4.69) is 50.6 Å². The molecule has 1 aliphatic rings. The standard InChI is InChI=1S/C12H18BrN3/c1-10(2)15-5-7-16(8-6-15)12-3-4-14-9-11(12)13/h3-4,9-10H,5-8H2,1-2H3. The van der Waals surface area contributed by atoms with Crippen LogP contribution in [0.25, 0.3) is 0 Å². The van der Waals surface area contributed by atoms with E-state index in [1.54, 1.807) is 0 Å². The molecule has 0 bridgehead atoms. The summed E-state index contributed by atoms with van der Waals surface area (Å²) < 4.78 is 1.09. The summed E-state index contributed by atoms with van der Waals surface area (Å²) in [7, 11) is 0. The van der Waals surface area contributed by atoms with E-state index in [1.165, 1.54) is 5.69 Å². The second-order valence-electron chi connectivity index (χ2n) is 4.44. The number of hydrogen-bond donors (Lipinski definition) is 0. The Morgan fingerprint density at radius 1 is 1.25 bits per heavy atom. The van der Waals surface area contributed by atoms with E-state index >= 15 is 0 Å². The molecule has 0 saturated carbocycles. The van der Waals surface area contributed by atoms with Crippen molar-refractivity contribution in [2.24, 2.45) is 0 Å². The van der Waals surface area contributed by atoms with Gasteiger partial charge in [-0.1, -0.05) is 0 Å². The second kappa shape index (κ2) is 5.15. The van der Waals surface area contributed by atoms with Crippen LogP contribution in [0, 0.1) is 0 Å². The second-order valence-corrected chi connectivity index (χ2v) is 5.30. The van der Waals surface area contributed by atoms with Gasteiger partial charge in [-0.05, 0) is 35.8 Å². The molecule has 4 heteroatoms. The zero-order chi connectivity index (χ0) is 11.5. The van der Waals surface area contributed by atoms with Gasteiger partial charge >= 0.3 is 0 Å². The monoisotopic (exact) mass is 283 g/mol. The number of aromatic nitrogens is 1. The first-order chi connectivity index (χ1) is 7.68. The van der Waals surface area contributed by atoms with Crippen molar-refractivity contribution in [3.05, 3.63) is 22.9 Å². The molecular weight excluding hydrogens is 266 g/mol. The Morgan fingerprint density at radius 2 is 1.94 bits per heavy atom. The molecule has 2 rings (SSSR count). The van der Waals surface area contributed by atoms with Crippen LogP contribution in [-0.4, -0.2) is 42.1 Å². The highest BCUT2D eigenvalue weighted by Crippen LogP contribution is 2.25. The van der Waals surface area contributed by atoms with Gasteiger partial charge in [0.15, 0.2) is 0 Å². The van der Waals surface area contributed by atoms with Crippen molar-refractivity contribution < 1.29 is 0 Å². The predicted molar refractivity (Wildman–Crippen MR) is 70.9 cm³/mol. The van der Waals surface area contributed by atoms with Crippen molar-refractivity contribution in [2.75, 3.05) is 31.1 Å². The molecule has 1 fully saturated rings. The van der Waals surface area contributed by atoms with Gasteiger partial charge in [0, 0.05) is 44.6 Å². The lowest BCUT2D eigenvalue weighted by molar-refractivity contribution is 0.209. The highest BCUT2D eigenvalue weighted by atomic mass is 79.9. The van der Waals surface area contributed by atoms with Crippen LogP contribution in [0.2, 0.25) is 0 Å². The van der Waals surface area contributed by atoms with Gasteiger partial charge in [0.25, 0.3) is 0 Å². The molecule has 2 heterocycles. The van der Waals surface area contributed by atoms with Gasteiger partial charge in [-0.15, -0.1) is 0 Å². The fraction of sp³-hybridized carbons (Fsp3) is 0.583. The maximum absolute atomic E-state index is 4.10. The number of halogens is 1. The Labute approximate surface area is 106 Å². The van der Waals surface area contributed by atoms with Crippen LogP contribution in [0.3, 0.4) is 0 Å². The fourth-order valence-electron chi connectivity index (χ4n) is 2.10. The lowest BCUT2D eigenvalue weighted by atomic mass is 10.2. The summed E-state index contributed by atoms with van der Waals surface area (Å²) in [5.41, 5.74) is 1.26. The first-order valence-electron chi connectivity index (χ1n) is 5.77. The molecule has 88 valence electrons. The van der Waals surface area contributed by atoms with E-state index < -0.39 is 0 Å². The minimum absolute atomic E-state index is 0.656. The maximum Gasteiger partial charge on any atom is 0.0592 e. The molecule has 1 aliphatic heterocycles. The third kappa shape index (κ3) is 2.55. The highest BCUT2D eigenvalue weighted by Gasteiger charge is 2.19. The lowest BCUT2D eigenvalue weighted by Gasteiger charge is -2.38. The smallest absolute Gasteiger partial charge is 0.0592 e. The topological polar surface area (TPSA) is 19.4 Å². The molecule has 1 aromatic heterocycles. The number of rotatable bonds is 2. The van der Waals surface area contributed by atoms with Gasteiger partial charge in [0.1, 0.15) is 0 Å². The average molecular weight is 284 g/mol. The van der Waals surface area contributed by atoms with Crippen LogP contribution in [0.15, 0.2) is 22.9 Å². The largest absolute Gasteiger partial charge is 0.368 e. The normalized spacial score (nSPS) is 18.1. The molecule has 0 aromatic carbocycles. The maximum atomic E-state index is 4.10. The van der Waals surface area contributed by atoms with E-state index in [0.717, 1.165) is 30.7 Å². The number of anilines is 1. The zero-order valence-electron chi connectivity index (χ0n) is 9.86. The molecule has 0 unspecified atom stereocenters. The quantitative estimate of drug-likeness (QED) is 0.831. The summed E-state index contributed by atoms with van der Waals surface area (Å²) in [4.78, 5) is 9.04. The lowest BCUT2D eigenvalue weighted by Crippen LogP contribution is -2.49. The third-order valence-electron chi connectivity index (χ3n) is 3.14. The van der Waals surface area contributed by atoms with Crippen LogP contribution in [0.1, 0.15) is 13.8 Å². The van der Waals surface area contributed by atoms with Crippen LogP contribution < -0.4 is 4.90 Å². The number of pyridine rings is 1. The molecular formula is C12H18BrN3. The molecule has 0 radical (unpaired) electrons. The van der Waals surface area contributed by atoms with E-state index in [0.29, 0.717) is 6.04 Å². The van der Waals surface area contributed by atoms with Gasteiger partial charge in [0.05, 0.1) is 10.2 Å². The summed E-state index contributed by atoms with van der Waals surface area (Å²) in [6.07, 6.45) is 3.72. The fourth-order valence-corrected chi connectivity index (χ4v) is 2.60. The summed E-state index contributed by atoms with van der Waals surface area (Å²) in [5.74, 6) is 0. The minimum atomic E-state index is 0.656. The van der Waals surface area contributed by atoms with Gasteiger partial charge < -0.3 is 4.90 Å². The van der Waals surface area contributed by atoms with Crippen molar-refractivity contribution in [1.29, 1.82) is 0 Å². The zero-order valence-corrected chi connectivity index (χ0v) is 11.4. The Kier molecular flexibility index (Phi) is 3.82. The highest BCUT2D eigenvalue weighted by molar-refractivity contribution is 9.10. The summed E-state index contributed by atoms with van der Waals surface area (Å²) >= 11 is 3.56. The molecule has 0 N–H and O–H groups in total. The van der Waals surface area contributed by atoms with Crippen LogP contribution in [0.4, 0.5) is 5.69 Å². The number of nitrogens with zero attached hydrogens (tertiary/aromatic N) is 3. The van der Waals surface area contributed by atoms with E-state index in [-0.39, 0.29) is 0 Å². The Balaban J connectivity index is 2.02. The van der Waals surface area contributed by atoms with Gasteiger partial charge in [-0.25, -0.2) is 0 Å². The van der Waals surface area contributed by atoms with E-state index in [9.17, 15) is 0 Å². The van der Waals surface area contributed by atoms with Gasteiger partial charge in [-0.3, -0.25) is 9.88 Å². The summed E-state index contributed by atoms with van der Waals surface area (Å²) in [5, 5.41) is 0. The SMILES string of the molecule is CC(C)N1CCN(c2ccncc2Br)CC1. The molecule has 0 amide bonds. The van der Waals surface area contributed by atoms with Gasteiger partial charge in [-0.2, -0.15) is 0 Å². The van der Waals surface area contributed by atoms with Crippen molar-refractivity contribution in [2.45, 2.75) is 19.9 Å². The molecule has 16 heavy (non-hydrogen) atoms. The Bertz CT molecular complexity index is 346.